The van der Waals surface area contributed by atoms with Crippen LogP contribution < -0.4 is 4.90 Å². The summed E-state index contributed by atoms with van der Waals surface area (Å²) in [7, 11) is 0. The minimum absolute atomic E-state index is 0.787. The molecule has 0 N–H and O–H groups in total. The lowest BCUT2D eigenvalue weighted by atomic mass is 10.0. The van der Waals surface area contributed by atoms with Crippen molar-refractivity contribution in [3.63, 3.8) is 0 Å². The van der Waals surface area contributed by atoms with Crippen LogP contribution in [0.1, 0.15) is 0 Å². The number of benzene rings is 6. The number of furan rings is 1. The molecule has 0 aliphatic rings. The van der Waals surface area contributed by atoms with Crippen LogP contribution in [0.5, 0.6) is 0 Å². The molecule has 60 heavy (non-hydrogen) atoms. The number of fused-ring (bicyclic) bond motifs is 9. The van der Waals surface area contributed by atoms with Crippen molar-refractivity contribution < 1.29 is 4.42 Å². The number of nitrogens with zero attached hydrogens (tertiary/aromatic N) is 6. The first kappa shape index (κ1) is 33.8. The second-order valence-corrected chi connectivity index (χ2v) is 15.0. The first-order chi connectivity index (χ1) is 29.7. The molecule has 0 unspecified atom stereocenters. The van der Waals surface area contributed by atoms with Crippen LogP contribution in [0.3, 0.4) is 0 Å². The lowest BCUT2D eigenvalue weighted by Gasteiger charge is -2.26. The molecule has 6 heterocycles. The zero-order valence-corrected chi connectivity index (χ0v) is 32.1. The van der Waals surface area contributed by atoms with Gasteiger partial charge in [0.1, 0.15) is 11.1 Å². The molecular weight excluding hydrogens is 737 g/mol. The Morgan fingerprint density at radius 1 is 0.350 bits per heavy atom. The van der Waals surface area contributed by atoms with Gasteiger partial charge in [-0.15, -0.1) is 0 Å². The van der Waals surface area contributed by atoms with Crippen molar-refractivity contribution in [3.8, 4) is 33.4 Å². The average Bonchev–Trinajstić information content (AvgIpc) is 3.71. The van der Waals surface area contributed by atoms with E-state index in [0.29, 0.717) is 0 Å². The molecule has 6 aromatic heterocycles. The topological polar surface area (TPSA) is 80.8 Å². The van der Waals surface area contributed by atoms with E-state index in [-0.39, 0.29) is 0 Å². The summed E-state index contributed by atoms with van der Waals surface area (Å²) in [5.41, 5.74) is 15.5. The van der Waals surface area contributed by atoms with Gasteiger partial charge in [0.25, 0.3) is 0 Å². The van der Waals surface area contributed by atoms with Crippen molar-refractivity contribution in [1.29, 1.82) is 0 Å². The van der Waals surface area contributed by atoms with E-state index in [1.165, 1.54) is 0 Å². The van der Waals surface area contributed by atoms with Crippen molar-refractivity contribution in [3.05, 3.63) is 195 Å². The summed E-state index contributed by atoms with van der Waals surface area (Å²) < 4.78 is 6.35. The fourth-order valence-electron chi connectivity index (χ4n) is 8.46. The van der Waals surface area contributed by atoms with E-state index in [1.54, 1.807) is 0 Å². The summed E-state index contributed by atoms with van der Waals surface area (Å²) in [6, 6.07) is 57.0. The molecule has 6 aromatic carbocycles. The van der Waals surface area contributed by atoms with E-state index in [0.717, 1.165) is 116 Å². The Hall–Kier alpha value is -8.29. The predicted octanol–water partition coefficient (Wildman–Crippen LogP) is 13.6. The molecule has 0 atom stereocenters. The lowest BCUT2D eigenvalue weighted by Crippen LogP contribution is -2.09. The second kappa shape index (κ2) is 13.7. The fourth-order valence-corrected chi connectivity index (χ4v) is 8.46. The highest BCUT2D eigenvalue weighted by Crippen LogP contribution is 2.40. The Morgan fingerprint density at radius 3 is 1.40 bits per heavy atom. The van der Waals surface area contributed by atoms with Crippen molar-refractivity contribution >= 4 is 82.7 Å². The van der Waals surface area contributed by atoms with E-state index >= 15 is 0 Å². The third-order valence-corrected chi connectivity index (χ3v) is 11.5. The highest BCUT2D eigenvalue weighted by Gasteiger charge is 2.17. The maximum absolute atomic E-state index is 6.35. The average molecular weight is 769 g/mol. The first-order valence-corrected chi connectivity index (χ1v) is 19.9. The van der Waals surface area contributed by atoms with Crippen LogP contribution in [0.15, 0.2) is 199 Å². The monoisotopic (exact) mass is 768 g/mol. The number of aromatic nitrogens is 5. The smallest absolute Gasteiger partial charge is 0.161 e. The largest absolute Gasteiger partial charge is 0.454 e. The van der Waals surface area contributed by atoms with Gasteiger partial charge in [0, 0.05) is 91.7 Å². The molecule has 12 rings (SSSR count). The van der Waals surface area contributed by atoms with Gasteiger partial charge in [-0.1, -0.05) is 84.9 Å². The highest BCUT2D eigenvalue weighted by molar-refractivity contribution is 6.08. The Labute approximate surface area is 343 Å². The Kier molecular flexibility index (Phi) is 7.71. The summed E-state index contributed by atoms with van der Waals surface area (Å²) >= 11 is 0. The number of hydrogen-bond acceptors (Lipinski definition) is 7. The lowest BCUT2D eigenvalue weighted by molar-refractivity contribution is 0.669. The van der Waals surface area contributed by atoms with Crippen LogP contribution in [0.4, 0.5) is 17.1 Å². The molecule has 0 aliphatic carbocycles. The van der Waals surface area contributed by atoms with Gasteiger partial charge >= 0.3 is 0 Å². The van der Waals surface area contributed by atoms with E-state index in [2.05, 4.69) is 147 Å². The van der Waals surface area contributed by atoms with Crippen LogP contribution in [0, 0.1) is 0 Å². The summed E-state index contributed by atoms with van der Waals surface area (Å²) in [5.74, 6) is 0. The summed E-state index contributed by atoms with van der Waals surface area (Å²) in [6.45, 7) is 0. The van der Waals surface area contributed by atoms with E-state index < -0.39 is 0 Å². The number of anilines is 3. The molecule has 0 radical (unpaired) electrons. The molecule has 12 aromatic rings. The van der Waals surface area contributed by atoms with Gasteiger partial charge in [-0.25, -0.2) is 0 Å². The van der Waals surface area contributed by atoms with Crippen molar-refractivity contribution in [2.75, 3.05) is 4.90 Å². The fraction of sp³-hybridized carbons (Fsp3) is 0. The minimum Gasteiger partial charge on any atom is -0.454 e. The Bertz CT molecular complexity index is 3440. The first-order valence-electron chi connectivity index (χ1n) is 19.9. The molecule has 0 bridgehead atoms. The maximum atomic E-state index is 6.35. The minimum atomic E-state index is 0.787. The summed E-state index contributed by atoms with van der Waals surface area (Å²) in [4.78, 5) is 25.9. The van der Waals surface area contributed by atoms with E-state index in [4.69, 9.17) is 14.4 Å². The van der Waals surface area contributed by atoms with Crippen LogP contribution in [0.25, 0.3) is 99.1 Å². The zero-order valence-electron chi connectivity index (χ0n) is 32.1. The summed E-state index contributed by atoms with van der Waals surface area (Å²) in [6.07, 6.45) is 9.39. The quantitative estimate of drug-likeness (QED) is 0.156. The van der Waals surface area contributed by atoms with Crippen LogP contribution in [-0.2, 0) is 0 Å². The Morgan fingerprint density at radius 2 is 0.833 bits per heavy atom. The number of rotatable bonds is 6. The molecule has 280 valence electrons. The molecular formula is C53H32N6O. The second-order valence-electron chi connectivity index (χ2n) is 15.0. The van der Waals surface area contributed by atoms with Crippen LogP contribution in [-0.4, -0.2) is 24.9 Å². The zero-order chi connectivity index (χ0) is 39.6. The van der Waals surface area contributed by atoms with Crippen LogP contribution >= 0.6 is 0 Å². The van der Waals surface area contributed by atoms with Gasteiger partial charge in [-0.2, -0.15) is 0 Å². The predicted molar refractivity (Wildman–Crippen MR) is 244 cm³/mol. The van der Waals surface area contributed by atoms with Gasteiger partial charge in [-0.3, -0.25) is 24.9 Å². The normalized spacial score (nSPS) is 11.7. The summed E-state index contributed by atoms with van der Waals surface area (Å²) in [5, 5.41) is 5.30. The van der Waals surface area contributed by atoms with E-state index in [1.807, 2.05) is 67.4 Å². The molecule has 0 spiro atoms. The third-order valence-electron chi connectivity index (χ3n) is 11.5. The SMILES string of the molecule is c1cnc2c(c1)ccc1cc(-c3ccc(N(c4ccc(-c5cnc6c(ccc7cccnc76)c5)cc4)c4ccc(-c5ccnc6c5oc5ccccc56)cc4)cc3)cnc12. The molecule has 7 heteroatoms. The van der Waals surface area contributed by atoms with Crippen molar-refractivity contribution in [2.24, 2.45) is 0 Å². The third kappa shape index (κ3) is 5.63. The highest BCUT2D eigenvalue weighted by atomic mass is 16.3. The van der Waals surface area contributed by atoms with Gasteiger partial charge in [0.15, 0.2) is 5.58 Å². The van der Waals surface area contributed by atoms with Crippen LogP contribution in [0.2, 0.25) is 0 Å². The number of hydrogen-bond donors (Lipinski definition) is 0. The van der Waals surface area contributed by atoms with Gasteiger partial charge in [0.2, 0.25) is 0 Å². The standard InChI is InChI=1S/C53H32N6O/c1-2-8-47-46(7-1)52-53(60-47)45(25-28-56-52)35-17-23-44(24-18-35)59(42-19-13-33(14-20-42)40-29-38-11-9-36-5-3-26-54-48(36)50(38)57-31-40)43-21-15-34(16-22-43)41-30-39-12-10-37-6-4-27-55-49(37)51(39)58-32-41/h1-32H. The molecule has 7 nitrogen and oxygen atoms in total. The molecule has 0 amide bonds. The number of para-hydroxylation sites is 1. The maximum Gasteiger partial charge on any atom is 0.161 e. The van der Waals surface area contributed by atoms with Gasteiger partial charge in [0.05, 0.1) is 22.1 Å². The van der Waals surface area contributed by atoms with Gasteiger partial charge < -0.3 is 9.32 Å². The van der Waals surface area contributed by atoms with Crippen molar-refractivity contribution in [2.45, 2.75) is 0 Å². The van der Waals surface area contributed by atoms with Gasteiger partial charge in [-0.05, 0) is 95.6 Å². The molecule has 0 aliphatic heterocycles. The number of pyridine rings is 5. The Balaban J connectivity index is 0.923. The van der Waals surface area contributed by atoms with Crippen molar-refractivity contribution in [1.82, 2.24) is 24.9 Å². The molecule has 0 saturated heterocycles. The van der Waals surface area contributed by atoms with E-state index in [9.17, 15) is 0 Å². The molecule has 0 saturated carbocycles. The molecule has 0 fully saturated rings.